The molecule has 0 amide bonds. The van der Waals surface area contributed by atoms with E-state index in [0.717, 1.165) is 0 Å². The summed E-state index contributed by atoms with van der Waals surface area (Å²) in [6, 6.07) is 0. The summed E-state index contributed by atoms with van der Waals surface area (Å²) >= 11 is 3.35. The number of aromatic nitrogens is 2. The van der Waals surface area contributed by atoms with E-state index in [9.17, 15) is 10.1 Å². The Morgan fingerprint density at radius 2 is 2.46 bits per heavy atom. The van der Waals surface area contributed by atoms with Gasteiger partial charge < -0.3 is 14.7 Å². The molecule has 72 valence electrons. The summed E-state index contributed by atoms with van der Waals surface area (Å²) in [6.45, 7) is 1.94. The summed E-state index contributed by atoms with van der Waals surface area (Å²) in [6.07, 6.45) is 2.07. The SMILES string of the molecule is CC(Br)Cc1c([N+](=O)[O-])ncn1C. The molecule has 0 bridgehead atoms. The maximum atomic E-state index is 10.5. The molecule has 0 aliphatic heterocycles. The second kappa shape index (κ2) is 3.87. The Morgan fingerprint density at radius 1 is 1.85 bits per heavy atom. The zero-order valence-corrected chi connectivity index (χ0v) is 8.98. The van der Waals surface area contributed by atoms with Crippen molar-refractivity contribution in [2.75, 3.05) is 0 Å². The molecule has 5 nitrogen and oxygen atoms in total. The summed E-state index contributed by atoms with van der Waals surface area (Å²) in [5.41, 5.74) is 0.648. The van der Waals surface area contributed by atoms with Gasteiger partial charge in [-0.25, -0.2) is 0 Å². The lowest BCUT2D eigenvalue weighted by molar-refractivity contribution is -0.390. The molecule has 6 heteroatoms. The largest absolute Gasteiger partial charge is 0.384 e. The van der Waals surface area contributed by atoms with Crippen molar-refractivity contribution in [3.63, 3.8) is 0 Å². The Hall–Kier alpha value is -0.910. The third-order valence-electron chi connectivity index (χ3n) is 1.68. The van der Waals surface area contributed by atoms with Gasteiger partial charge in [0.2, 0.25) is 6.33 Å². The Bertz CT molecular complexity index is 322. The van der Waals surface area contributed by atoms with Crippen LogP contribution in [0.2, 0.25) is 0 Å². The standard InChI is InChI=1S/C7H10BrN3O2/c1-5(8)3-6-7(11(12)13)9-4-10(6)2/h4-5H,3H2,1-2H3. The molecule has 0 saturated heterocycles. The normalized spacial score (nSPS) is 12.8. The average Bonchev–Trinajstić information content (AvgIpc) is 2.32. The molecule has 0 aliphatic carbocycles. The number of aryl methyl sites for hydroxylation is 1. The minimum atomic E-state index is -0.454. The molecule has 0 fully saturated rings. The van der Waals surface area contributed by atoms with E-state index in [-0.39, 0.29) is 10.6 Å². The smallest absolute Gasteiger partial charge is 0.358 e. The Morgan fingerprint density at radius 3 is 2.92 bits per heavy atom. The van der Waals surface area contributed by atoms with Gasteiger partial charge in [-0.2, -0.15) is 0 Å². The van der Waals surface area contributed by atoms with E-state index in [2.05, 4.69) is 20.9 Å². The lowest BCUT2D eigenvalue weighted by Gasteiger charge is -2.02. The van der Waals surface area contributed by atoms with Crippen LogP contribution in [0.15, 0.2) is 6.33 Å². The summed E-state index contributed by atoms with van der Waals surface area (Å²) in [4.78, 5) is 14.0. The summed E-state index contributed by atoms with van der Waals surface area (Å²) in [7, 11) is 1.75. The zero-order chi connectivity index (χ0) is 10.0. The summed E-state index contributed by atoms with van der Waals surface area (Å²) in [5.74, 6) is -0.0474. The van der Waals surface area contributed by atoms with E-state index in [1.165, 1.54) is 6.33 Å². The van der Waals surface area contributed by atoms with Crippen LogP contribution >= 0.6 is 15.9 Å². The molecule has 0 spiro atoms. The van der Waals surface area contributed by atoms with Crippen LogP contribution in [0.3, 0.4) is 0 Å². The van der Waals surface area contributed by atoms with Crippen molar-refractivity contribution in [1.29, 1.82) is 0 Å². The molecule has 0 aliphatic rings. The topological polar surface area (TPSA) is 61.0 Å². The van der Waals surface area contributed by atoms with Gasteiger partial charge in [-0.15, -0.1) is 0 Å². The third kappa shape index (κ3) is 2.27. The Kier molecular flexibility index (Phi) is 3.02. The molecule has 0 aromatic carbocycles. The van der Waals surface area contributed by atoms with Gasteiger partial charge in [0.05, 0.1) is 0 Å². The minimum absolute atomic E-state index is 0.0474. The molecule has 1 heterocycles. The van der Waals surface area contributed by atoms with Gasteiger partial charge in [0, 0.05) is 18.3 Å². The van der Waals surface area contributed by atoms with Gasteiger partial charge in [-0.3, -0.25) is 0 Å². The second-order valence-electron chi connectivity index (χ2n) is 2.87. The van der Waals surface area contributed by atoms with Crippen LogP contribution in [-0.4, -0.2) is 19.3 Å². The van der Waals surface area contributed by atoms with E-state index >= 15 is 0 Å². The first-order chi connectivity index (χ1) is 6.02. The molecule has 0 N–H and O–H groups in total. The van der Waals surface area contributed by atoms with E-state index in [1.807, 2.05) is 6.92 Å². The number of nitrogens with zero attached hydrogens (tertiary/aromatic N) is 3. The predicted molar refractivity (Wildman–Crippen MR) is 52.0 cm³/mol. The molecule has 1 aromatic heterocycles. The fourth-order valence-corrected chi connectivity index (χ4v) is 1.40. The number of imidazole rings is 1. The first-order valence-corrected chi connectivity index (χ1v) is 4.72. The van der Waals surface area contributed by atoms with Gasteiger partial charge in [0.1, 0.15) is 5.69 Å². The average molecular weight is 248 g/mol. The van der Waals surface area contributed by atoms with Crippen molar-refractivity contribution in [3.8, 4) is 0 Å². The molecular formula is C7H10BrN3O2. The Labute approximate surface area is 84.1 Å². The molecule has 1 rings (SSSR count). The molecule has 1 atom stereocenters. The maximum Gasteiger partial charge on any atom is 0.384 e. The van der Waals surface area contributed by atoms with E-state index in [1.54, 1.807) is 11.6 Å². The van der Waals surface area contributed by atoms with Crippen molar-refractivity contribution in [1.82, 2.24) is 9.55 Å². The number of halogens is 1. The van der Waals surface area contributed by atoms with E-state index in [0.29, 0.717) is 12.1 Å². The highest BCUT2D eigenvalue weighted by Crippen LogP contribution is 2.18. The fourth-order valence-electron chi connectivity index (χ4n) is 1.10. The van der Waals surface area contributed by atoms with Crippen molar-refractivity contribution in [2.24, 2.45) is 7.05 Å². The van der Waals surface area contributed by atoms with E-state index in [4.69, 9.17) is 0 Å². The second-order valence-corrected chi connectivity index (χ2v) is 4.43. The van der Waals surface area contributed by atoms with Crippen molar-refractivity contribution < 1.29 is 4.92 Å². The first kappa shape index (κ1) is 10.2. The molecule has 0 saturated carbocycles. The highest BCUT2D eigenvalue weighted by atomic mass is 79.9. The lowest BCUT2D eigenvalue weighted by Crippen LogP contribution is -2.05. The summed E-state index contributed by atoms with van der Waals surface area (Å²) < 4.78 is 1.68. The maximum absolute atomic E-state index is 10.5. The number of alkyl halides is 1. The number of hydrogen-bond donors (Lipinski definition) is 0. The van der Waals surface area contributed by atoms with Crippen molar-refractivity contribution >= 4 is 21.7 Å². The van der Waals surface area contributed by atoms with Crippen LogP contribution in [0.25, 0.3) is 0 Å². The highest BCUT2D eigenvalue weighted by molar-refractivity contribution is 9.09. The molecule has 1 aromatic rings. The van der Waals surface area contributed by atoms with Crippen LogP contribution in [0.4, 0.5) is 5.82 Å². The van der Waals surface area contributed by atoms with Gasteiger partial charge >= 0.3 is 5.82 Å². The van der Waals surface area contributed by atoms with E-state index < -0.39 is 4.92 Å². The van der Waals surface area contributed by atoms with Crippen molar-refractivity contribution in [3.05, 3.63) is 22.1 Å². The molecule has 1 unspecified atom stereocenters. The predicted octanol–water partition coefficient (Wildman–Crippen LogP) is 1.65. The van der Waals surface area contributed by atoms with Gasteiger partial charge in [-0.1, -0.05) is 22.9 Å². The monoisotopic (exact) mass is 247 g/mol. The third-order valence-corrected chi connectivity index (χ3v) is 2.01. The minimum Gasteiger partial charge on any atom is -0.358 e. The van der Waals surface area contributed by atoms with Crippen molar-refractivity contribution in [2.45, 2.75) is 18.2 Å². The number of nitro groups is 1. The Balaban J connectivity index is 3.01. The number of rotatable bonds is 3. The van der Waals surface area contributed by atoms with Crippen LogP contribution in [0.1, 0.15) is 12.6 Å². The fraction of sp³-hybridized carbons (Fsp3) is 0.571. The zero-order valence-electron chi connectivity index (χ0n) is 7.40. The van der Waals surface area contributed by atoms with Crippen LogP contribution in [0.5, 0.6) is 0 Å². The van der Waals surface area contributed by atoms with Gasteiger partial charge in [0.25, 0.3) is 0 Å². The number of hydrogen-bond acceptors (Lipinski definition) is 3. The summed E-state index contributed by atoms with van der Waals surface area (Å²) in [5, 5.41) is 10.5. The van der Waals surface area contributed by atoms with Gasteiger partial charge in [0.15, 0.2) is 0 Å². The quantitative estimate of drug-likeness (QED) is 0.464. The van der Waals surface area contributed by atoms with Gasteiger partial charge in [-0.05, 0) is 9.91 Å². The molecule has 13 heavy (non-hydrogen) atoms. The van der Waals surface area contributed by atoms with Crippen LogP contribution in [0, 0.1) is 10.1 Å². The first-order valence-electron chi connectivity index (χ1n) is 3.81. The highest BCUT2D eigenvalue weighted by Gasteiger charge is 2.20. The van der Waals surface area contributed by atoms with Crippen LogP contribution in [-0.2, 0) is 13.5 Å². The van der Waals surface area contributed by atoms with Crippen LogP contribution < -0.4 is 0 Å². The molecule has 0 radical (unpaired) electrons. The molecular weight excluding hydrogens is 238 g/mol. The lowest BCUT2D eigenvalue weighted by atomic mass is 10.2.